The number of aromatic nitrogens is 2. The van der Waals surface area contributed by atoms with E-state index in [-0.39, 0.29) is 18.3 Å². The Kier molecular flexibility index (Phi) is 6.54. The fourth-order valence-corrected chi connectivity index (χ4v) is 3.49. The van der Waals surface area contributed by atoms with Crippen molar-refractivity contribution in [2.45, 2.75) is 32.4 Å². The van der Waals surface area contributed by atoms with Crippen LogP contribution in [-0.4, -0.2) is 14.5 Å². The number of nitro benzene ring substituents is 1. The van der Waals surface area contributed by atoms with Crippen LogP contribution in [0.15, 0.2) is 55.1 Å². The molecule has 1 heterocycles. The lowest BCUT2D eigenvalue weighted by atomic mass is 10.00. The Morgan fingerprint density at radius 3 is 2.71 bits per heavy atom. The largest absolute Gasteiger partial charge is 0.488 e. The Balaban J connectivity index is 1.96. The quantitative estimate of drug-likeness (QED) is 0.328. The molecule has 0 radical (unpaired) electrons. The van der Waals surface area contributed by atoms with Crippen LogP contribution >= 0.6 is 23.2 Å². The maximum absolute atomic E-state index is 11.3. The molecule has 0 saturated carbocycles. The van der Waals surface area contributed by atoms with Crippen LogP contribution in [0.4, 0.5) is 5.69 Å². The molecule has 1 atom stereocenters. The van der Waals surface area contributed by atoms with E-state index in [1.807, 2.05) is 10.8 Å². The molecular weight excluding hydrogens is 401 g/mol. The molecule has 3 aromatic rings. The van der Waals surface area contributed by atoms with E-state index in [1.54, 1.807) is 42.9 Å². The lowest BCUT2D eigenvalue weighted by molar-refractivity contribution is -0.385. The molecule has 2 aromatic carbocycles. The zero-order chi connectivity index (χ0) is 20.1. The second-order valence-electron chi connectivity index (χ2n) is 6.32. The summed E-state index contributed by atoms with van der Waals surface area (Å²) in [6.07, 6.45) is 6.93. The summed E-state index contributed by atoms with van der Waals surface area (Å²) in [6, 6.07) is 9.73. The van der Waals surface area contributed by atoms with Crippen molar-refractivity contribution in [1.82, 2.24) is 9.55 Å². The highest BCUT2D eigenvalue weighted by Crippen LogP contribution is 2.35. The van der Waals surface area contributed by atoms with Crippen LogP contribution in [0, 0.1) is 10.1 Å². The summed E-state index contributed by atoms with van der Waals surface area (Å²) in [7, 11) is 0. The molecule has 0 spiro atoms. The maximum atomic E-state index is 11.3. The van der Waals surface area contributed by atoms with Crippen molar-refractivity contribution in [3.8, 4) is 5.75 Å². The summed E-state index contributed by atoms with van der Waals surface area (Å²) in [6.45, 7) is 2.29. The minimum atomic E-state index is -0.403. The second-order valence-corrected chi connectivity index (χ2v) is 7.16. The molecular formula is C20H19Cl2N3O3. The Morgan fingerprint density at radius 2 is 2.07 bits per heavy atom. The number of nitrogens with zero attached hydrogens (tertiary/aromatic N) is 3. The number of benzene rings is 2. The number of hydrogen-bond donors (Lipinski definition) is 0. The van der Waals surface area contributed by atoms with Crippen molar-refractivity contribution in [2.24, 2.45) is 0 Å². The number of nitro groups is 1. The molecule has 0 bridgehead atoms. The van der Waals surface area contributed by atoms with Gasteiger partial charge in [-0.2, -0.15) is 0 Å². The minimum absolute atomic E-state index is 0.0214. The van der Waals surface area contributed by atoms with Crippen LogP contribution in [-0.2, 0) is 6.61 Å². The van der Waals surface area contributed by atoms with Gasteiger partial charge in [0.25, 0.3) is 5.69 Å². The summed E-state index contributed by atoms with van der Waals surface area (Å²) < 4.78 is 7.96. The van der Waals surface area contributed by atoms with Crippen LogP contribution < -0.4 is 4.74 Å². The van der Waals surface area contributed by atoms with Crippen molar-refractivity contribution >= 4 is 28.9 Å². The van der Waals surface area contributed by atoms with Crippen LogP contribution in [0.5, 0.6) is 5.75 Å². The van der Waals surface area contributed by atoms with Crippen LogP contribution in [0.3, 0.4) is 0 Å². The molecule has 0 saturated heterocycles. The highest BCUT2D eigenvalue weighted by atomic mass is 35.5. The maximum Gasteiger partial charge on any atom is 0.270 e. The molecule has 0 aliphatic carbocycles. The lowest BCUT2D eigenvalue weighted by Gasteiger charge is -2.21. The van der Waals surface area contributed by atoms with E-state index < -0.39 is 4.92 Å². The van der Waals surface area contributed by atoms with Gasteiger partial charge in [-0.1, -0.05) is 42.6 Å². The molecule has 6 nitrogen and oxygen atoms in total. The van der Waals surface area contributed by atoms with E-state index in [0.29, 0.717) is 15.8 Å². The summed E-state index contributed by atoms with van der Waals surface area (Å²) >= 11 is 12.2. The summed E-state index contributed by atoms with van der Waals surface area (Å²) in [5.74, 6) is 0.573. The first kappa shape index (κ1) is 20.2. The Bertz CT molecular complexity index is 961. The molecule has 0 fully saturated rings. The molecule has 0 aliphatic rings. The highest BCUT2D eigenvalue weighted by Gasteiger charge is 2.21. The molecule has 0 amide bonds. The third-order valence-electron chi connectivity index (χ3n) is 4.41. The lowest BCUT2D eigenvalue weighted by Crippen LogP contribution is -2.11. The standard InChI is InChI=1S/C20H19Cl2N3O3/c1-2-3-19(24-9-8-23-13-24)17-11-16(25(26)27)6-7-20(17)28-12-14-4-5-15(21)10-18(14)22/h4-11,13,19H,2-3,12H2,1H3. The zero-order valence-electron chi connectivity index (χ0n) is 15.2. The number of rotatable bonds is 8. The fourth-order valence-electron chi connectivity index (χ4n) is 3.03. The second kappa shape index (κ2) is 9.08. The van der Waals surface area contributed by atoms with Gasteiger partial charge in [-0.3, -0.25) is 10.1 Å². The van der Waals surface area contributed by atoms with Crippen LogP contribution in [0.25, 0.3) is 0 Å². The van der Waals surface area contributed by atoms with E-state index in [4.69, 9.17) is 27.9 Å². The minimum Gasteiger partial charge on any atom is -0.488 e. The van der Waals surface area contributed by atoms with Crippen molar-refractivity contribution in [1.29, 1.82) is 0 Å². The molecule has 1 unspecified atom stereocenters. The number of imidazole rings is 1. The van der Waals surface area contributed by atoms with Gasteiger partial charge in [0.15, 0.2) is 0 Å². The smallest absolute Gasteiger partial charge is 0.270 e. The summed E-state index contributed by atoms with van der Waals surface area (Å²) in [4.78, 5) is 15.0. The van der Waals surface area contributed by atoms with Gasteiger partial charge in [0.2, 0.25) is 0 Å². The summed E-state index contributed by atoms with van der Waals surface area (Å²) in [5.41, 5.74) is 1.54. The van der Waals surface area contributed by atoms with Crippen molar-refractivity contribution in [3.05, 3.63) is 86.4 Å². The topological polar surface area (TPSA) is 70.2 Å². The van der Waals surface area contributed by atoms with Gasteiger partial charge in [-0.05, 0) is 24.6 Å². The van der Waals surface area contributed by atoms with Gasteiger partial charge in [-0.25, -0.2) is 4.98 Å². The molecule has 0 N–H and O–H groups in total. The van der Waals surface area contributed by atoms with Gasteiger partial charge in [0, 0.05) is 45.7 Å². The van der Waals surface area contributed by atoms with Crippen LogP contribution in [0.2, 0.25) is 10.0 Å². The van der Waals surface area contributed by atoms with Crippen molar-refractivity contribution < 1.29 is 9.66 Å². The Hall–Kier alpha value is -2.57. The number of ether oxygens (including phenoxy) is 1. The Labute approximate surface area is 172 Å². The third kappa shape index (κ3) is 4.64. The van der Waals surface area contributed by atoms with Gasteiger partial charge in [-0.15, -0.1) is 0 Å². The predicted octanol–water partition coefficient (Wildman–Crippen LogP) is 6.07. The van der Waals surface area contributed by atoms with Gasteiger partial charge >= 0.3 is 0 Å². The van der Waals surface area contributed by atoms with Gasteiger partial charge in [0.05, 0.1) is 17.3 Å². The summed E-state index contributed by atoms with van der Waals surface area (Å²) in [5, 5.41) is 12.4. The van der Waals surface area contributed by atoms with E-state index in [1.165, 1.54) is 6.07 Å². The Morgan fingerprint density at radius 1 is 1.25 bits per heavy atom. The molecule has 0 aliphatic heterocycles. The SMILES string of the molecule is CCCC(c1cc([N+](=O)[O-])ccc1OCc1ccc(Cl)cc1Cl)n1ccnc1. The average Bonchev–Trinajstić information content (AvgIpc) is 3.20. The molecule has 28 heavy (non-hydrogen) atoms. The van der Waals surface area contributed by atoms with Crippen LogP contribution in [0.1, 0.15) is 36.9 Å². The number of non-ortho nitro benzene ring substituents is 1. The first-order valence-corrected chi connectivity index (χ1v) is 9.57. The number of halogens is 2. The molecule has 8 heteroatoms. The first-order chi connectivity index (χ1) is 13.5. The average molecular weight is 420 g/mol. The van der Waals surface area contributed by atoms with Crippen molar-refractivity contribution in [3.63, 3.8) is 0 Å². The first-order valence-electron chi connectivity index (χ1n) is 8.82. The fraction of sp³-hybridized carbons (Fsp3) is 0.250. The van der Waals surface area contributed by atoms with E-state index in [0.717, 1.165) is 24.0 Å². The van der Waals surface area contributed by atoms with E-state index in [2.05, 4.69) is 11.9 Å². The van der Waals surface area contributed by atoms with E-state index in [9.17, 15) is 10.1 Å². The normalized spacial score (nSPS) is 12.0. The molecule has 1 aromatic heterocycles. The zero-order valence-corrected chi connectivity index (χ0v) is 16.7. The highest BCUT2D eigenvalue weighted by molar-refractivity contribution is 6.35. The molecule has 146 valence electrons. The number of hydrogen-bond acceptors (Lipinski definition) is 4. The van der Waals surface area contributed by atoms with Gasteiger partial charge in [0.1, 0.15) is 12.4 Å². The van der Waals surface area contributed by atoms with Crippen molar-refractivity contribution in [2.75, 3.05) is 0 Å². The molecule has 3 rings (SSSR count). The van der Waals surface area contributed by atoms with Gasteiger partial charge < -0.3 is 9.30 Å². The monoisotopic (exact) mass is 419 g/mol. The van der Waals surface area contributed by atoms with E-state index >= 15 is 0 Å². The third-order valence-corrected chi connectivity index (χ3v) is 5.00. The predicted molar refractivity (Wildman–Crippen MR) is 109 cm³/mol.